The summed E-state index contributed by atoms with van der Waals surface area (Å²) in [6, 6.07) is 0.0306. The van der Waals surface area contributed by atoms with Crippen molar-refractivity contribution >= 4 is 32.9 Å². The van der Waals surface area contributed by atoms with Crippen molar-refractivity contribution in [2.45, 2.75) is 39.0 Å². The monoisotopic (exact) mass is 291 g/mol. The van der Waals surface area contributed by atoms with Crippen LogP contribution in [0, 0.1) is 0 Å². The third-order valence-electron chi connectivity index (χ3n) is 1.24. The fourth-order valence-corrected chi connectivity index (χ4v) is 2.85. The summed E-state index contributed by atoms with van der Waals surface area (Å²) in [7, 11) is -3.06. The third kappa shape index (κ3) is 2.87. The fraction of sp³-hybridized carbons (Fsp3) is 1.00. The van der Waals surface area contributed by atoms with Gasteiger partial charge in [0, 0.05) is 28.9 Å². The van der Waals surface area contributed by atoms with E-state index < -0.39 is 10.0 Å². The zero-order valence-electron chi connectivity index (χ0n) is 7.20. The molecule has 0 amide bonds. The lowest BCUT2D eigenvalue weighted by Crippen LogP contribution is -2.33. The molecule has 0 heterocycles. The van der Waals surface area contributed by atoms with E-state index in [0.717, 1.165) is 0 Å². The molecule has 0 aliphatic heterocycles. The molecule has 0 unspecified atom stereocenters. The average Bonchev–Trinajstić information content (AvgIpc) is 1.85. The van der Waals surface area contributed by atoms with Crippen molar-refractivity contribution in [2.24, 2.45) is 0 Å². The summed E-state index contributed by atoms with van der Waals surface area (Å²) in [6.07, 6.45) is 0. The van der Waals surface area contributed by atoms with E-state index in [1.54, 1.807) is 13.8 Å². The van der Waals surface area contributed by atoms with Gasteiger partial charge >= 0.3 is 0 Å². The molecule has 0 aliphatic rings. The molecule has 0 fully saturated rings. The molecule has 11 heavy (non-hydrogen) atoms. The molecule has 5 heteroatoms. The van der Waals surface area contributed by atoms with Gasteiger partial charge in [0.05, 0.1) is 5.25 Å². The Hall–Kier alpha value is 0.640. The van der Waals surface area contributed by atoms with Gasteiger partial charge in [-0.2, -0.15) is 0 Å². The summed E-state index contributed by atoms with van der Waals surface area (Å²) in [5, 5.41) is -0.332. The van der Waals surface area contributed by atoms with Crippen LogP contribution in [-0.2, 0) is 10.0 Å². The summed E-state index contributed by atoms with van der Waals surface area (Å²) < 4.78 is 24.2. The number of nitrogens with zero attached hydrogens (tertiary/aromatic N) is 1. The SMILES string of the molecule is CC(C)N(I)S(=O)(=O)C(C)C. The van der Waals surface area contributed by atoms with Crippen molar-refractivity contribution in [3.05, 3.63) is 0 Å². The van der Waals surface area contributed by atoms with Crippen LogP contribution in [0.5, 0.6) is 0 Å². The van der Waals surface area contributed by atoms with E-state index in [1.807, 2.05) is 36.7 Å². The van der Waals surface area contributed by atoms with Gasteiger partial charge in [0.25, 0.3) is 0 Å². The zero-order valence-corrected chi connectivity index (χ0v) is 10.2. The standard InChI is InChI=1S/C6H14INO2S/c1-5(2)8(7)11(9,10)6(3)4/h5-6H,1-4H3. The summed E-state index contributed by atoms with van der Waals surface area (Å²) in [6.45, 7) is 7.07. The Labute approximate surface area is 82.7 Å². The highest BCUT2D eigenvalue weighted by atomic mass is 127. The van der Waals surface area contributed by atoms with Crippen LogP contribution in [0.15, 0.2) is 0 Å². The van der Waals surface area contributed by atoms with Gasteiger partial charge in [-0.1, -0.05) is 0 Å². The maximum atomic E-state index is 11.4. The van der Waals surface area contributed by atoms with E-state index in [1.165, 1.54) is 2.52 Å². The molecule has 0 aromatic rings. The lowest BCUT2D eigenvalue weighted by atomic mass is 10.4. The van der Waals surface area contributed by atoms with Gasteiger partial charge in [0.1, 0.15) is 0 Å². The van der Waals surface area contributed by atoms with Crippen LogP contribution in [0.3, 0.4) is 0 Å². The highest BCUT2D eigenvalue weighted by Crippen LogP contribution is 2.17. The largest absolute Gasteiger partial charge is 0.225 e. The quantitative estimate of drug-likeness (QED) is 0.587. The molecule has 0 radical (unpaired) electrons. The van der Waals surface area contributed by atoms with E-state index in [-0.39, 0.29) is 11.3 Å². The fourth-order valence-electron chi connectivity index (χ4n) is 0.495. The molecule has 0 saturated carbocycles. The van der Waals surface area contributed by atoms with Gasteiger partial charge in [-0.15, -0.1) is 2.52 Å². The molecule has 3 nitrogen and oxygen atoms in total. The Morgan fingerprint density at radius 1 is 1.18 bits per heavy atom. The van der Waals surface area contributed by atoms with Crippen molar-refractivity contribution in [3.8, 4) is 0 Å². The molecular formula is C6H14INO2S. The topological polar surface area (TPSA) is 37.4 Å². The molecule has 0 N–H and O–H groups in total. The molecule has 0 rings (SSSR count). The maximum Gasteiger partial charge on any atom is 0.225 e. The van der Waals surface area contributed by atoms with E-state index in [4.69, 9.17) is 0 Å². The van der Waals surface area contributed by atoms with Crippen LogP contribution in [0.25, 0.3) is 0 Å². The highest BCUT2D eigenvalue weighted by molar-refractivity contribution is 14.1. The first-order chi connectivity index (χ1) is 4.80. The minimum absolute atomic E-state index is 0.0306. The Balaban J connectivity index is 4.58. The Kier molecular flexibility index (Phi) is 4.28. The van der Waals surface area contributed by atoms with E-state index >= 15 is 0 Å². The third-order valence-corrected chi connectivity index (χ3v) is 6.11. The second-order valence-electron chi connectivity index (χ2n) is 2.93. The van der Waals surface area contributed by atoms with E-state index in [0.29, 0.717) is 0 Å². The summed E-state index contributed by atoms with van der Waals surface area (Å²) >= 11 is 1.83. The van der Waals surface area contributed by atoms with Gasteiger partial charge in [-0.05, 0) is 27.7 Å². The second kappa shape index (κ2) is 4.04. The van der Waals surface area contributed by atoms with Crippen molar-refractivity contribution in [1.82, 2.24) is 2.52 Å². The van der Waals surface area contributed by atoms with Gasteiger partial charge in [0.15, 0.2) is 0 Å². The lowest BCUT2D eigenvalue weighted by Gasteiger charge is -2.20. The molecule has 0 saturated heterocycles. The van der Waals surface area contributed by atoms with Crippen LogP contribution >= 0.6 is 22.9 Å². The van der Waals surface area contributed by atoms with Gasteiger partial charge in [-0.25, -0.2) is 8.42 Å². The maximum absolute atomic E-state index is 11.4. The molecule has 68 valence electrons. The first-order valence-electron chi connectivity index (χ1n) is 3.49. The Morgan fingerprint density at radius 2 is 1.55 bits per heavy atom. The van der Waals surface area contributed by atoms with Gasteiger partial charge in [0.2, 0.25) is 10.0 Å². The van der Waals surface area contributed by atoms with Crippen molar-refractivity contribution in [1.29, 1.82) is 0 Å². The molecule has 0 atom stereocenters. The molecular weight excluding hydrogens is 277 g/mol. The van der Waals surface area contributed by atoms with Gasteiger partial charge < -0.3 is 0 Å². The van der Waals surface area contributed by atoms with Crippen molar-refractivity contribution in [2.75, 3.05) is 0 Å². The average molecular weight is 291 g/mol. The molecule has 0 spiro atoms. The predicted octanol–water partition coefficient (Wildman–Crippen LogP) is 1.79. The Morgan fingerprint density at radius 3 is 1.64 bits per heavy atom. The van der Waals surface area contributed by atoms with Crippen molar-refractivity contribution in [3.63, 3.8) is 0 Å². The second-order valence-corrected chi connectivity index (χ2v) is 6.99. The highest BCUT2D eigenvalue weighted by Gasteiger charge is 2.25. The lowest BCUT2D eigenvalue weighted by molar-refractivity contribution is 0.511. The summed E-state index contributed by atoms with van der Waals surface area (Å²) in [5.41, 5.74) is 0. The molecule has 0 aliphatic carbocycles. The van der Waals surface area contributed by atoms with Crippen LogP contribution in [0.2, 0.25) is 0 Å². The van der Waals surface area contributed by atoms with E-state index in [9.17, 15) is 8.42 Å². The smallest absolute Gasteiger partial charge is 0.211 e. The van der Waals surface area contributed by atoms with Crippen LogP contribution in [0.1, 0.15) is 27.7 Å². The van der Waals surface area contributed by atoms with Crippen LogP contribution in [0.4, 0.5) is 0 Å². The summed E-state index contributed by atoms with van der Waals surface area (Å²) in [5.74, 6) is 0. The summed E-state index contributed by atoms with van der Waals surface area (Å²) in [4.78, 5) is 0. The van der Waals surface area contributed by atoms with Crippen LogP contribution in [-0.4, -0.2) is 22.2 Å². The normalized spacial score (nSPS) is 13.5. The van der Waals surface area contributed by atoms with Crippen molar-refractivity contribution < 1.29 is 8.42 Å². The first kappa shape index (κ1) is 11.6. The van der Waals surface area contributed by atoms with E-state index in [2.05, 4.69) is 0 Å². The number of hydrogen-bond donors (Lipinski definition) is 0. The predicted molar refractivity (Wildman–Crippen MR) is 55.1 cm³/mol. The number of rotatable bonds is 3. The zero-order chi connectivity index (χ0) is 9.23. The number of halogens is 1. The first-order valence-corrected chi connectivity index (χ1v) is 5.96. The molecule has 0 bridgehead atoms. The van der Waals surface area contributed by atoms with Crippen LogP contribution < -0.4 is 0 Å². The molecule has 0 aromatic carbocycles. The Bertz CT molecular complexity index is 211. The minimum Gasteiger partial charge on any atom is -0.211 e. The minimum atomic E-state index is -3.06. The van der Waals surface area contributed by atoms with Gasteiger partial charge in [-0.3, -0.25) is 0 Å². The molecule has 0 aromatic heterocycles. The number of hydrogen-bond acceptors (Lipinski definition) is 2. The number of sulfonamides is 1.